The van der Waals surface area contributed by atoms with E-state index in [0.29, 0.717) is 16.9 Å². The Morgan fingerprint density at radius 3 is 2.76 bits per heavy atom. The molecule has 0 spiro atoms. The quantitative estimate of drug-likeness (QED) is 0.884. The third-order valence-electron chi connectivity index (χ3n) is 2.45. The summed E-state index contributed by atoms with van der Waals surface area (Å²) in [6, 6.07) is 8.26. The topological polar surface area (TPSA) is 42.4 Å². The Labute approximate surface area is 98.5 Å². The number of aromatic nitrogens is 1. The highest BCUT2D eigenvalue weighted by molar-refractivity contribution is 5.34. The van der Waals surface area contributed by atoms with Gasteiger partial charge < -0.3 is 9.84 Å². The highest BCUT2D eigenvalue weighted by atomic mass is 19.1. The van der Waals surface area contributed by atoms with Gasteiger partial charge >= 0.3 is 0 Å². The minimum atomic E-state index is -0.909. The van der Waals surface area contributed by atoms with E-state index in [1.807, 2.05) is 0 Å². The van der Waals surface area contributed by atoms with Gasteiger partial charge in [-0.15, -0.1) is 0 Å². The van der Waals surface area contributed by atoms with Gasteiger partial charge in [-0.25, -0.2) is 4.39 Å². The standard InChI is InChI=1S/C13H12FNO2/c1-17-12-4-2-3-9(6-12)13(16)10-5-11(14)8-15-7-10/h2-8,13,16H,1H3. The molecule has 1 atom stereocenters. The molecule has 17 heavy (non-hydrogen) atoms. The molecular weight excluding hydrogens is 221 g/mol. The summed E-state index contributed by atoms with van der Waals surface area (Å²) in [4.78, 5) is 3.71. The van der Waals surface area contributed by atoms with E-state index in [2.05, 4.69) is 4.98 Å². The summed E-state index contributed by atoms with van der Waals surface area (Å²) in [5.41, 5.74) is 1.05. The van der Waals surface area contributed by atoms with Crippen LogP contribution in [0.3, 0.4) is 0 Å². The van der Waals surface area contributed by atoms with Crippen molar-refractivity contribution in [1.29, 1.82) is 0 Å². The van der Waals surface area contributed by atoms with Gasteiger partial charge in [-0.05, 0) is 23.8 Å². The first-order chi connectivity index (χ1) is 8.20. The third-order valence-corrected chi connectivity index (χ3v) is 2.45. The minimum absolute atomic E-state index is 0.415. The highest BCUT2D eigenvalue weighted by Gasteiger charge is 2.12. The third kappa shape index (κ3) is 2.60. The van der Waals surface area contributed by atoms with Crippen molar-refractivity contribution in [1.82, 2.24) is 4.98 Å². The summed E-state index contributed by atoms with van der Waals surface area (Å²) in [5, 5.41) is 10.1. The van der Waals surface area contributed by atoms with Crippen molar-refractivity contribution in [3.63, 3.8) is 0 Å². The fourth-order valence-electron chi connectivity index (χ4n) is 1.58. The van der Waals surface area contributed by atoms with E-state index in [9.17, 15) is 9.50 Å². The van der Waals surface area contributed by atoms with Crippen LogP contribution in [0.4, 0.5) is 4.39 Å². The maximum Gasteiger partial charge on any atom is 0.141 e. The summed E-state index contributed by atoms with van der Waals surface area (Å²) >= 11 is 0. The van der Waals surface area contributed by atoms with Gasteiger partial charge in [-0.2, -0.15) is 0 Å². The van der Waals surface area contributed by atoms with Crippen LogP contribution in [0.15, 0.2) is 42.7 Å². The molecule has 88 valence electrons. The molecule has 4 heteroatoms. The van der Waals surface area contributed by atoms with Gasteiger partial charge in [0.1, 0.15) is 17.7 Å². The lowest BCUT2D eigenvalue weighted by Gasteiger charge is -2.12. The number of rotatable bonds is 3. The number of aliphatic hydroxyl groups excluding tert-OH is 1. The molecule has 0 aliphatic rings. The Balaban J connectivity index is 2.33. The smallest absolute Gasteiger partial charge is 0.141 e. The molecule has 1 unspecified atom stereocenters. The number of nitrogens with zero attached hydrogens (tertiary/aromatic N) is 1. The largest absolute Gasteiger partial charge is 0.497 e. The fourth-order valence-corrected chi connectivity index (χ4v) is 1.58. The second-order valence-corrected chi connectivity index (χ2v) is 3.62. The van der Waals surface area contributed by atoms with Crippen molar-refractivity contribution in [2.45, 2.75) is 6.10 Å². The Morgan fingerprint density at radius 1 is 1.24 bits per heavy atom. The summed E-state index contributed by atoms with van der Waals surface area (Å²) in [6.07, 6.45) is 1.63. The first kappa shape index (κ1) is 11.5. The van der Waals surface area contributed by atoms with Crippen LogP contribution in [0, 0.1) is 5.82 Å². The van der Waals surface area contributed by atoms with Crippen molar-refractivity contribution in [3.05, 3.63) is 59.7 Å². The zero-order chi connectivity index (χ0) is 12.3. The van der Waals surface area contributed by atoms with Crippen molar-refractivity contribution in [2.24, 2.45) is 0 Å². The van der Waals surface area contributed by atoms with Gasteiger partial charge in [0.05, 0.1) is 13.3 Å². The number of hydrogen-bond donors (Lipinski definition) is 1. The van der Waals surface area contributed by atoms with Crippen LogP contribution in [0.2, 0.25) is 0 Å². The fraction of sp³-hybridized carbons (Fsp3) is 0.154. The zero-order valence-corrected chi connectivity index (χ0v) is 9.30. The van der Waals surface area contributed by atoms with E-state index in [1.165, 1.54) is 12.3 Å². The summed E-state index contributed by atoms with van der Waals surface area (Å²) in [6.45, 7) is 0. The van der Waals surface area contributed by atoms with Gasteiger partial charge in [-0.1, -0.05) is 12.1 Å². The van der Waals surface area contributed by atoms with Crippen LogP contribution in [-0.4, -0.2) is 17.2 Å². The molecule has 1 aromatic heterocycles. The lowest BCUT2D eigenvalue weighted by atomic mass is 10.0. The molecule has 2 aromatic rings. The first-order valence-corrected chi connectivity index (χ1v) is 5.13. The predicted octanol–water partition coefficient (Wildman–Crippen LogP) is 2.31. The molecular formula is C13H12FNO2. The van der Waals surface area contributed by atoms with Gasteiger partial charge in [0, 0.05) is 11.8 Å². The van der Waals surface area contributed by atoms with E-state index in [0.717, 1.165) is 6.20 Å². The molecule has 0 aliphatic heterocycles. The normalized spacial score (nSPS) is 12.2. The Kier molecular flexibility index (Phi) is 3.35. The number of benzene rings is 1. The van der Waals surface area contributed by atoms with Gasteiger partial charge in [0.15, 0.2) is 0 Å². The van der Waals surface area contributed by atoms with Gasteiger partial charge in [0.25, 0.3) is 0 Å². The molecule has 1 heterocycles. The lowest BCUT2D eigenvalue weighted by molar-refractivity contribution is 0.218. The van der Waals surface area contributed by atoms with E-state index in [1.54, 1.807) is 31.4 Å². The van der Waals surface area contributed by atoms with E-state index in [4.69, 9.17) is 4.74 Å². The Morgan fingerprint density at radius 2 is 2.06 bits per heavy atom. The number of methoxy groups -OCH3 is 1. The van der Waals surface area contributed by atoms with Crippen molar-refractivity contribution >= 4 is 0 Å². The molecule has 0 saturated carbocycles. The van der Waals surface area contributed by atoms with Crippen LogP contribution >= 0.6 is 0 Å². The molecule has 0 bridgehead atoms. The molecule has 1 aromatic carbocycles. The summed E-state index contributed by atoms with van der Waals surface area (Å²) < 4.78 is 18.1. The average molecular weight is 233 g/mol. The summed E-state index contributed by atoms with van der Waals surface area (Å²) in [5.74, 6) is 0.176. The Hall–Kier alpha value is -1.94. The van der Waals surface area contributed by atoms with Crippen molar-refractivity contribution < 1.29 is 14.2 Å². The molecule has 0 fully saturated rings. The van der Waals surface area contributed by atoms with Crippen molar-refractivity contribution in [3.8, 4) is 5.75 Å². The molecule has 1 N–H and O–H groups in total. The molecule has 0 aliphatic carbocycles. The van der Waals surface area contributed by atoms with Gasteiger partial charge in [0.2, 0.25) is 0 Å². The second-order valence-electron chi connectivity index (χ2n) is 3.62. The maximum absolute atomic E-state index is 13.0. The first-order valence-electron chi connectivity index (χ1n) is 5.13. The number of hydrogen-bond acceptors (Lipinski definition) is 3. The second kappa shape index (κ2) is 4.93. The monoisotopic (exact) mass is 233 g/mol. The van der Waals surface area contributed by atoms with E-state index in [-0.39, 0.29) is 0 Å². The van der Waals surface area contributed by atoms with Gasteiger partial charge in [-0.3, -0.25) is 4.98 Å². The maximum atomic E-state index is 13.0. The van der Waals surface area contributed by atoms with Crippen LogP contribution in [0.25, 0.3) is 0 Å². The van der Waals surface area contributed by atoms with Crippen LogP contribution < -0.4 is 4.74 Å². The number of pyridine rings is 1. The van der Waals surface area contributed by atoms with E-state index < -0.39 is 11.9 Å². The SMILES string of the molecule is COc1cccc(C(O)c2cncc(F)c2)c1. The van der Waals surface area contributed by atoms with Crippen LogP contribution in [-0.2, 0) is 0 Å². The molecule has 0 saturated heterocycles. The molecule has 0 radical (unpaired) electrons. The number of ether oxygens (including phenoxy) is 1. The summed E-state index contributed by atoms with van der Waals surface area (Å²) in [7, 11) is 1.55. The lowest BCUT2D eigenvalue weighted by Crippen LogP contribution is -2.01. The van der Waals surface area contributed by atoms with E-state index >= 15 is 0 Å². The Bertz CT molecular complexity index is 516. The molecule has 0 amide bonds. The number of halogens is 1. The highest BCUT2D eigenvalue weighted by Crippen LogP contribution is 2.24. The molecule has 3 nitrogen and oxygen atoms in total. The minimum Gasteiger partial charge on any atom is -0.497 e. The number of aliphatic hydroxyl groups is 1. The zero-order valence-electron chi connectivity index (χ0n) is 9.30. The van der Waals surface area contributed by atoms with Crippen molar-refractivity contribution in [2.75, 3.05) is 7.11 Å². The molecule has 2 rings (SSSR count). The predicted molar refractivity (Wildman–Crippen MR) is 61.3 cm³/mol. The van der Waals surface area contributed by atoms with Crippen LogP contribution in [0.1, 0.15) is 17.2 Å². The average Bonchev–Trinajstić information content (AvgIpc) is 2.38. The van der Waals surface area contributed by atoms with Crippen LogP contribution in [0.5, 0.6) is 5.75 Å².